The summed E-state index contributed by atoms with van der Waals surface area (Å²) in [4.78, 5) is 24.7. The van der Waals surface area contributed by atoms with E-state index in [4.69, 9.17) is 21.6 Å². The fourth-order valence-electron chi connectivity index (χ4n) is 3.95. The summed E-state index contributed by atoms with van der Waals surface area (Å²) in [5.74, 6) is 1.54. The first-order valence-electron chi connectivity index (χ1n) is 12.1. The van der Waals surface area contributed by atoms with Crippen molar-refractivity contribution in [2.45, 2.75) is 39.2 Å². The maximum Gasteiger partial charge on any atom is 0.221 e. The van der Waals surface area contributed by atoms with Crippen molar-refractivity contribution in [3.8, 4) is 11.4 Å². The average Bonchev–Trinajstić information content (AvgIpc) is 2.89. The summed E-state index contributed by atoms with van der Waals surface area (Å²) in [5, 5.41) is 4.72. The number of carbonyl (C=O) groups excluding carboxylic acids is 1. The van der Waals surface area contributed by atoms with Gasteiger partial charge in [-0.25, -0.2) is 9.97 Å². The SMILES string of the molecule is CCC(C)NC(=O)CCN(CCc1ccccc1)c1nc(-c2ccc(Cl)cc2)nc2ccccc12. The first-order chi connectivity index (χ1) is 17.0. The van der Waals surface area contributed by atoms with Crippen LogP contribution in [0.5, 0.6) is 0 Å². The number of aromatic nitrogens is 2. The van der Waals surface area contributed by atoms with Crippen LogP contribution in [0.4, 0.5) is 5.82 Å². The minimum atomic E-state index is 0.0559. The zero-order valence-electron chi connectivity index (χ0n) is 20.2. The molecule has 0 spiro atoms. The number of para-hydroxylation sites is 1. The highest BCUT2D eigenvalue weighted by Gasteiger charge is 2.17. The molecule has 0 saturated heterocycles. The molecule has 0 saturated carbocycles. The number of carbonyl (C=O) groups is 1. The van der Waals surface area contributed by atoms with Gasteiger partial charge in [0.15, 0.2) is 5.82 Å². The number of fused-ring (bicyclic) bond motifs is 1. The number of halogens is 1. The highest BCUT2D eigenvalue weighted by molar-refractivity contribution is 6.30. The van der Waals surface area contributed by atoms with Crippen molar-refractivity contribution < 1.29 is 4.79 Å². The molecule has 0 radical (unpaired) electrons. The van der Waals surface area contributed by atoms with Crippen molar-refractivity contribution in [1.29, 1.82) is 0 Å². The van der Waals surface area contributed by atoms with Crippen molar-refractivity contribution in [3.63, 3.8) is 0 Å². The quantitative estimate of drug-likeness (QED) is 0.285. The van der Waals surface area contributed by atoms with Crippen LogP contribution in [-0.2, 0) is 11.2 Å². The predicted octanol–water partition coefficient (Wildman–Crippen LogP) is 6.30. The van der Waals surface area contributed by atoms with E-state index in [1.807, 2.05) is 61.5 Å². The van der Waals surface area contributed by atoms with Gasteiger partial charge in [0.1, 0.15) is 5.82 Å². The van der Waals surface area contributed by atoms with Crippen molar-refractivity contribution in [2.24, 2.45) is 0 Å². The van der Waals surface area contributed by atoms with Crippen LogP contribution in [0.15, 0.2) is 78.9 Å². The molecule has 3 aromatic carbocycles. The van der Waals surface area contributed by atoms with Gasteiger partial charge in [0.25, 0.3) is 0 Å². The van der Waals surface area contributed by atoms with Gasteiger partial charge in [-0.3, -0.25) is 4.79 Å². The Hall–Kier alpha value is -3.44. The Kier molecular flexibility index (Phi) is 8.32. The highest BCUT2D eigenvalue weighted by atomic mass is 35.5. The number of nitrogens with zero attached hydrogens (tertiary/aromatic N) is 3. The van der Waals surface area contributed by atoms with E-state index in [1.54, 1.807) is 0 Å². The predicted molar refractivity (Wildman–Crippen MR) is 145 cm³/mol. The second-order valence-corrected chi connectivity index (χ2v) is 9.18. The highest BCUT2D eigenvalue weighted by Crippen LogP contribution is 2.28. The van der Waals surface area contributed by atoms with Crippen LogP contribution < -0.4 is 10.2 Å². The molecule has 0 aliphatic rings. The maximum absolute atomic E-state index is 12.6. The number of amides is 1. The molecule has 6 heteroatoms. The number of nitrogens with one attached hydrogen (secondary N) is 1. The lowest BCUT2D eigenvalue weighted by molar-refractivity contribution is -0.121. The third kappa shape index (κ3) is 6.58. The first kappa shape index (κ1) is 24.7. The number of rotatable bonds is 10. The zero-order valence-corrected chi connectivity index (χ0v) is 21.0. The van der Waals surface area contributed by atoms with Gasteiger partial charge in [-0.05, 0) is 61.7 Å². The van der Waals surface area contributed by atoms with E-state index in [0.717, 1.165) is 41.7 Å². The Labute approximate surface area is 212 Å². The van der Waals surface area contributed by atoms with Gasteiger partial charge < -0.3 is 10.2 Å². The fraction of sp³-hybridized carbons (Fsp3) is 0.276. The van der Waals surface area contributed by atoms with Crippen molar-refractivity contribution >= 4 is 34.2 Å². The second kappa shape index (κ2) is 11.8. The minimum absolute atomic E-state index is 0.0559. The molecule has 0 bridgehead atoms. The molecule has 4 aromatic rings. The lowest BCUT2D eigenvalue weighted by Gasteiger charge is -2.26. The van der Waals surface area contributed by atoms with E-state index in [-0.39, 0.29) is 11.9 Å². The van der Waals surface area contributed by atoms with E-state index in [0.29, 0.717) is 23.8 Å². The van der Waals surface area contributed by atoms with E-state index in [2.05, 4.69) is 41.4 Å². The number of anilines is 1. The van der Waals surface area contributed by atoms with Gasteiger partial charge in [-0.1, -0.05) is 61.0 Å². The standard InChI is InChI=1S/C29H31ClN4O/c1-3-21(2)31-27(35)18-20-34(19-17-22-9-5-4-6-10-22)29-25-11-7-8-12-26(25)32-28(33-29)23-13-15-24(30)16-14-23/h4-16,21H,3,17-20H2,1-2H3,(H,31,35). The second-order valence-electron chi connectivity index (χ2n) is 8.74. The molecule has 35 heavy (non-hydrogen) atoms. The zero-order chi connectivity index (χ0) is 24.6. The average molecular weight is 487 g/mol. The van der Waals surface area contributed by atoms with Gasteiger partial charge >= 0.3 is 0 Å². The third-order valence-corrected chi connectivity index (χ3v) is 6.38. The number of hydrogen-bond acceptors (Lipinski definition) is 4. The van der Waals surface area contributed by atoms with E-state index in [9.17, 15) is 4.79 Å². The van der Waals surface area contributed by atoms with E-state index >= 15 is 0 Å². The first-order valence-corrected chi connectivity index (χ1v) is 12.5. The number of hydrogen-bond donors (Lipinski definition) is 1. The summed E-state index contributed by atoms with van der Waals surface area (Å²) in [6.45, 7) is 5.40. The molecule has 1 amide bonds. The molecule has 0 fully saturated rings. The van der Waals surface area contributed by atoms with Crippen LogP contribution in [-0.4, -0.2) is 35.0 Å². The Morgan fingerprint density at radius 2 is 1.66 bits per heavy atom. The van der Waals surface area contributed by atoms with Crippen LogP contribution >= 0.6 is 11.6 Å². The van der Waals surface area contributed by atoms with Crippen LogP contribution in [0.1, 0.15) is 32.3 Å². The maximum atomic E-state index is 12.6. The monoisotopic (exact) mass is 486 g/mol. The van der Waals surface area contributed by atoms with Crippen molar-refractivity contribution in [1.82, 2.24) is 15.3 Å². The van der Waals surface area contributed by atoms with Gasteiger partial charge in [0, 0.05) is 41.5 Å². The fourth-order valence-corrected chi connectivity index (χ4v) is 4.07. The van der Waals surface area contributed by atoms with Crippen LogP contribution in [0.25, 0.3) is 22.3 Å². The molecule has 1 heterocycles. The molecule has 0 aliphatic carbocycles. The summed E-state index contributed by atoms with van der Waals surface area (Å²) in [6, 6.07) is 26.2. The summed E-state index contributed by atoms with van der Waals surface area (Å²) in [6.07, 6.45) is 2.15. The van der Waals surface area contributed by atoms with Crippen molar-refractivity contribution in [2.75, 3.05) is 18.0 Å². The molecule has 1 aromatic heterocycles. The Bertz CT molecular complexity index is 1260. The smallest absolute Gasteiger partial charge is 0.221 e. The molecule has 0 aliphatic heterocycles. The van der Waals surface area contributed by atoms with Crippen LogP contribution in [0.2, 0.25) is 5.02 Å². The number of benzene rings is 3. The molecular formula is C29H31ClN4O. The topological polar surface area (TPSA) is 58.1 Å². The summed E-state index contributed by atoms with van der Waals surface area (Å²) >= 11 is 6.11. The summed E-state index contributed by atoms with van der Waals surface area (Å²) < 4.78 is 0. The van der Waals surface area contributed by atoms with Gasteiger partial charge in [-0.2, -0.15) is 0 Å². The van der Waals surface area contributed by atoms with E-state index < -0.39 is 0 Å². The summed E-state index contributed by atoms with van der Waals surface area (Å²) in [7, 11) is 0. The molecule has 4 rings (SSSR count). The van der Waals surface area contributed by atoms with E-state index in [1.165, 1.54) is 5.56 Å². The Morgan fingerprint density at radius 3 is 2.40 bits per heavy atom. The van der Waals surface area contributed by atoms with Gasteiger partial charge in [-0.15, -0.1) is 0 Å². The van der Waals surface area contributed by atoms with Gasteiger partial charge in [0.2, 0.25) is 5.91 Å². The molecule has 5 nitrogen and oxygen atoms in total. The molecule has 180 valence electrons. The molecular weight excluding hydrogens is 456 g/mol. The molecule has 1 atom stereocenters. The van der Waals surface area contributed by atoms with Crippen molar-refractivity contribution in [3.05, 3.63) is 89.4 Å². The third-order valence-electron chi connectivity index (χ3n) is 6.13. The van der Waals surface area contributed by atoms with Crippen LogP contribution in [0.3, 0.4) is 0 Å². The Balaban J connectivity index is 1.69. The largest absolute Gasteiger partial charge is 0.355 e. The summed E-state index contributed by atoms with van der Waals surface area (Å²) in [5.41, 5.74) is 3.02. The lowest BCUT2D eigenvalue weighted by Crippen LogP contribution is -2.36. The lowest BCUT2D eigenvalue weighted by atomic mass is 10.1. The normalized spacial score (nSPS) is 11.9. The van der Waals surface area contributed by atoms with Gasteiger partial charge in [0.05, 0.1) is 5.52 Å². The minimum Gasteiger partial charge on any atom is -0.355 e. The Morgan fingerprint density at radius 1 is 0.943 bits per heavy atom. The molecule has 1 unspecified atom stereocenters. The molecule has 1 N–H and O–H groups in total. The van der Waals surface area contributed by atoms with Crippen LogP contribution in [0, 0.1) is 0 Å².